The van der Waals surface area contributed by atoms with Crippen LogP contribution in [0.4, 0.5) is 9.59 Å². The summed E-state index contributed by atoms with van der Waals surface area (Å²) in [5, 5.41) is 24.3. The van der Waals surface area contributed by atoms with Crippen molar-refractivity contribution in [1.29, 1.82) is 0 Å². The van der Waals surface area contributed by atoms with Crippen molar-refractivity contribution in [1.82, 2.24) is 10.2 Å². The van der Waals surface area contributed by atoms with Crippen molar-refractivity contribution in [3.8, 4) is 0 Å². The molecule has 0 fully saturated rings. The summed E-state index contributed by atoms with van der Waals surface area (Å²) in [5.74, 6) is -0.568. The molecule has 226 valence electrons. The molecule has 41 heavy (non-hydrogen) atoms. The summed E-state index contributed by atoms with van der Waals surface area (Å²) in [4.78, 5) is 38.9. The first-order chi connectivity index (χ1) is 19.2. The van der Waals surface area contributed by atoms with Crippen molar-refractivity contribution in [3.05, 3.63) is 71.8 Å². The number of nitrogens with two attached hydrogens (primary N) is 2. The number of hydrogen-bond donors (Lipinski definition) is 5. The van der Waals surface area contributed by atoms with Crippen LogP contribution in [0.2, 0.25) is 0 Å². The summed E-state index contributed by atoms with van der Waals surface area (Å²) in [6, 6.07) is 18.4. The monoisotopic (exact) mass is 572 g/mol. The number of benzene rings is 2. The minimum Gasteiger partial charge on any atom is -0.444 e. The molecular weight excluding hydrogens is 528 g/mol. The smallest absolute Gasteiger partial charge is 0.413 e. The van der Waals surface area contributed by atoms with Crippen LogP contribution in [0.1, 0.15) is 58.1 Å². The summed E-state index contributed by atoms with van der Waals surface area (Å²) in [5.41, 5.74) is 11.2. The van der Waals surface area contributed by atoms with Gasteiger partial charge in [-0.15, -0.1) is 0 Å². The Kier molecular flexibility index (Phi) is 12.6. The highest BCUT2D eigenvalue weighted by atomic mass is 16.6. The number of amides is 3. The van der Waals surface area contributed by atoms with Gasteiger partial charge in [0.2, 0.25) is 12.1 Å². The first-order valence-electron chi connectivity index (χ1n) is 13.7. The Morgan fingerprint density at radius 3 is 2.05 bits per heavy atom. The van der Waals surface area contributed by atoms with E-state index in [1.807, 2.05) is 36.4 Å². The molecule has 0 aliphatic rings. The average molecular weight is 573 g/mol. The number of carbonyl (C=O) groups excluding carboxylic acids is 3. The highest BCUT2D eigenvalue weighted by Gasteiger charge is 2.42. The highest BCUT2D eigenvalue weighted by molar-refractivity contribution is 5.74. The van der Waals surface area contributed by atoms with Gasteiger partial charge >= 0.3 is 12.2 Å². The van der Waals surface area contributed by atoms with Crippen LogP contribution in [0.5, 0.6) is 0 Å². The number of rotatable bonds is 14. The molecule has 3 amide bonds. The maximum absolute atomic E-state index is 13.7. The second kappa shape index (κ2) is 15.4. The van der Waals surface area contributed by atoms with Crippen LogP contribution < -0.4 is 16.8 Å². The second-order valence-electron chi connectivity index (χ2n) is 11.1. The maximum Gasteiger partial charge on any atom is 0.413 e. The van der Waals surface area contributed by atoms with E-state index in [0.29, 0.717) is 6.42 Å². The number of carbonyl (C=O) groups is 3. The molecule has 0 bridgehead atoms. The van der Waals surface area contributed by atoms with Gasteiger partial charge < -0.3 is 31.2 Å². The van der Waals surface area contributed by atoms with Crippen molar-refractivity contribution in [2.24, 2.45) is 11.5 Å². The minimum absolute atomic E-state index is 0.0374. The molecule has 0 aromatic heterocycles. The van der Waals surface area contributed by atoms with Gasteiger partial charge in [-0.05, 0) is 58.1 Å². The topological polar surface area (TPSA) is 177 Å². The van der Waals surface area contributed by atoms with E-state index < -0.39 is 47.8 Å². The zero-order chi connectivity index (χ0) is 30.6. The molecule has 7 N–H and O–H groups in total. The Labute approximate surface area is 241 Å². The van der Waals surface area contributed by atoms with Crippen LogP contribution in [-0.4, -0.2) is 69.5 Å². The zero-order valence-corrected chi connectivity index (χ0v) is 24.3. The van der Waals surface area contributed by atoms with Gasteiger partial charge in [-0.25, -0.2) is 9.59 Å². The molecule has 0 radical (unpaired) electrons. The number of alkyl carbamates (subject to hydrolysis) is 1. The van der Waals surface area contributed by atoms with Crippen LogP contribution in [0.25, 0.3) is 0 Å². The third-order valence-electron chi connectivity index (χ3n) is 6.39. The lowest BCUT2D eigenvalue weighted by atomic mass is 9.93. The van der Waals surface area contributed by atoms with Gasteiger partial charge in [0, 0.05) is 19.4 Å². The molecule has 0 saturated heterocycles. The van der Waals surface area contributed by atoms with Crippen molar-refractivity contribution in [3.63, 3.8) is 0 Å². The third-order valence-corrected chi connectivity index (χ3v) is 6.39. The lowest BCUT2D eigenvalue weighted by Crippen LogP contribution is -2.67. The Balaban J connectivity index is 2.35. The fourth-order valence-corrected chi connectivity index (χ4v) is 4.18. The third kappa shape index (κ3) is 11.4. The van der Waals surface area contributed by atoms with Crippen LogP contribution in [-0.2, 0) is 27.1 Å². The quantitative estimate of drug-likeness (QED) is 0.215. The number of nitrogens with one attached hydrogen (secondary N) is 1. The molecule has 11 nitrogen and oxygen atoms in total. The largest absolute Gasteiger partial charge is 0.444 e. The Morgan fingerprint density at radius 1 is 0.976 bits per heavy atom. The number of nitrogens with zero attached hydrogens (tertiary/aromatic N) is 1. The van der Waals surface area contributed by atoms with E-state index in [2.05, 4.69) is 5.32 Å². The molecule has 2 rings (SSSR count). The van der Waals surface area contributed by atoms with Crippen molar-refractivity contribution in [2.45, 2.75) is 89.5 Å². The highest BCUT2D eigenvalue weighted by Crippen LogP contribution is 2.23. The fourth-order valence-electron chi connectivity index (χ4n) is 4.18. The van der Waals surface area contributed by atoms with Crippen molar-refractivity contribution >= 4 is 18.1 Å². The van der Waals surface area contributed by atoms with Crippen LogP contribution in [0.15, 0.2) is 60.7 Å². The molecule has 4 unspecified atom stereocenters. The molecular formula is C30H44N4O7. The Morgan fingerprint density at radius 2 is 1.54 bits per heavy atom. The molecule has 2 aromatic rings. The van der Waals surface area contributed by atoms with Gasteiger partial charge in [-0.3, -0.25) is 15.0 Å². The molecule has 4 atom stereocenters. The van der Waals surface area contributed by atoms with Gasteiger partial charge in [0.1, 0.15) is 17.4 Å². The predicted molar refractivity (Wildman–Crippen MR) is 154 cm³/mol. The number of aliphatic hydroxyl groups excluding tert-OH is 2. The van der Waals surface area contributed by atoms with E-state index in [4.69, 9.17) is 20.9 Å². The summed E-state index contributed by atoms with van der Waals surface area (Å²) < 4.78 is 11.0. The van der Waals surface area contributed by atoms with E-state index in [1.54, 1.807) is 45.0 Å². The predicted octanol–water partition coefficient (Wildman–Crippen LogP) is 2.81. The Hall–Kier alpha value is -3.67. The second-order valence-corrected chi connectivity index (χ2v) is 11.1. The summed E-state index contributed by atoms with van der Waals surface area (Å²) in [6.45, 7) is 6.39. The van der Waals surface area contributed by atoms with E-state index in [9.17, 15) is 24.6 Å². The number of aryl methyl sites for hydroxylation is 1. The summed E-state index contributed by atoms with van der Waals surface area (Å²) in [6.07, 6.45) is -5.20. The molecule has 2 aromatic carbocycles. The van der Waals surface area contributed by atoms with E-state index >= 15 is 0 Å². The van der Waals surface area contributed by atoms with Gasteiger partial charge in [-0.1, -0.05) is 60.7 Å². The van der Waals surface area contributed by atoms with Gasteiger partial charge in [0.25, 0.3) is 0 Å². The lowest BCUT2D eigenvalue weighted by Gasteiger charge is -2.43. The minimum atomic E-state index is -1.67. The molecule has 11 heteroatoms. The molecule has 0 aliphatic carbocycles. The first-order valence-corrected chi connectivity index (χ1v) is 13.7. The van der Waals surface area contributed by atoms with Crippen LogP contribution in [0, 0.1) is 0 Å². The normalized spacial score (nSPS) is 15.1. The van der Waals surface area contributed by atoms with Crippen LogP contribution in [0.3, 0.4) is 0 Å². The average Bonchev–Trinajstić information content (AvgIpc) is 2.89. The fraction of sp³-hybridized carbons (Fsp3) is 0.500. The number of ether oxygens (including phenoxy) is 2. The van der Waals surface area contributed by atoms with E-state index in [0.717, 1.165) is 16.0 Å². The number of primary amides is 1. The number of aliphatic hydroxyl groups is 2. The van der Waals surface area contributed by atoms with Gasteiger partial charge in [0.15, 0.2) is 0 Å². The van der Waals surface area contributed by atoms with Gasteiger partial charge in [0.05, 0.1) is 6.10 Å². The SMILES string of the molecule is CC(O)C(N)(Cc1ccccc1)N(CCCC(N)=O)C(=O)OC(NC(=O)OC(C)(C)C)C(O)CCc1ccccc1. The Bertz CT molecular complexity index is 1110. The zero-order valence-electron chi connectivity index (χ0n) is 24.3. The van der Waals surface area contributed by atoms with Gasteiger partial charge in [-0.2, -0.15) is 0 Å². The van der Waals surface area contributed by atoms with E-state index in [1.165, 1.54) is 6.92 Å². The van der Waals surface area contributed by atoms with E-state index in [-0.39, 0.29) is 32.2 Å². The molecule has 0 aliphatic heterocycles. The molecule has 0 heterocycles. The van der Waals surface area contributed by atoms with Crippen LogP contribution >= 0.6 is 0 Å². The lowest BCUT2D eigenvalue weighted by molar-refractivity contribution is -0.118. The van der Waals surface area contributed by atoms with Crippen molar-refractivity contribution < 1.29 is 34.1 Å². The van der Waals surface area contributed by atoms with Crippen molar-refractivity contribution in [2.75, 3.05) is 6.54 Å². The maximum atomic E-state index is 13.7. The number of hydrogen-bond acceptors (Lipinski definition) is 8. The molecule has 0 saturated carbocycles. The standard InChI is InChI=1S/C30H44N4O7/c1-21(35)30(32,20-23-14-9-6-10-15-23)34(19-11-16-25(31)37)28(39)40-26(33-27(38)41-29(2,3)4)24(36)18-17-22-12-7-5-8-13-22/h5-10,12-15,21,24,26,35-36H,11,16-20,32H2,1-4H3,(H2,31,37)(H,33,38). The summed E-state index contributed by atoms with van der Waals surface area (Å²) in [7, 11) is 0. The summed E-state index contributed by atoms with van der Waals surface area (Å²) >= 11 is 0. The first kappa shape index (κ1) is 33.5. The molecule has 0 spiro atoms.